The lowest BCUT2D eigenvalue weighted by Crippen LogP contribution is -2.50. The van der Waals surface area contributed by atoms with Crippen LogP contribution in [0.15, 0.2) is 88.2 Å². The van der Waals surface area contributed by atoms with Gasteiger partial charge in [-0.25, -0.2) is 8.42 Å². The lowest BCUT2D eigenvalue weighted by atomic mass is 10.1. The summed E-state index contributed by atoms with van der Waals surface area (Å²) in [5.74, 6) is -0.835. The van der Waals surface area contributed by atoms with Crippen LogP contribution in [-0.4, -0.2) is 44.8 Å². The number of nitrogens with one attached hydrogen (secondary N) is 1. The number of likely N-dealkylation sites (N-methyl/N-ethyl adjacent to an activating group) is 1. The van der Waals surface area contributed by atoms with Gasteiger partial charge < -0.3 is 10.2 Å². The summed E-state index contributed by atoms with van der Waals surface area (Å²) in [6.45, 7) is 3.33. The van der Waals surface area contributed by atoms with Crippen LogP contribution in [0.1, 0.15) is 25.0 Å². The summed E-state index contributed by atoms with van der Waals surface area (Å²) in [5.41, 5.74) is 2.24. The first-order valence-corrected chi connectivity index (χ1v) is 13.8. The summed E-state index contributed by atoms with van der Waals surface area (Å²) in [4.78, 5) is 27.7. The first-order chi connectivity index (χ1) is 17.2. The first kappa shape index (κ1) is 27.4. The molecule has 36 heavy (non-hydrogen) atoms. The minimum absolute atomic E-state index is 0.0798. The molecule has 1 atom stereocenters. The number of carbonyl (C=O) groups excluding carboxylic acids is 2. The van der Waals surface area contributed by atoms with Gasteiger partial charge in [-0.05, 0) is 60.9 Å². The molecule has 0 aliphatic heterocycles. The van der Waals surface area contributed by atoms with E-state index in [9.17, 15) is 18.0 Å². The Bertz CT molecular complexity index is 1280. The number of rotatable bonds is 10. The summed E-state index contributed by atoms with van der Waals surface area (Å²) in [6, 6.07) is 21.7. The zero-order chi connectivity index (χ0) is 26.3. The quantitative estimate of drug-likeness (QED) is 0.391. The number of aryl methyl sites for hydroxylation is 1. The summed E-state index contributed by atoms with van der Waals surface area (Å²) < 4.78 is 29.3. The van der Waals surface area contributed by atoms with E-state index in [4.69, 9.17) is 0 Å². The molecular formula is C27H30BrN3O4S. The Hall–Kier alpha value is -3.17. The molecule has 0 radical (unpaired) electrons. The van der Waals surface area contributed by atoms with E-state index in [1.807, 2.05) is 43.3 Å². The number of anilines is 1. The average Bonchev–Trinajstić information content (AvgIpc) is 2.90. The highest BCUT2D eigenvalue weighted by Crippen LogP contribution is 2.25. The van der Waals surface area contributed by atoms with Crippen LogP contribution in [0.25, 0.3) is 0 Å². The normalized spacial score (nSPS) is 12.0. The third-order valence-electron chi connectivity index (χ3n) is 5.92. The Kier molecular flexibility index (Phi) is 9.28. The van der Waals surface area contributed by atoms with Crippen LogP contribution in [-0.2, 0) is 32.6 Å². The molecule has 1 unspecified atom stereocenters. The largest absolute Gasteiger partial charge is 0.357 e. The highest BCUT2D eigenvalue weighted by atomic mass is 79.9. The molecule has 0 saturated heterocycles. The van der Waals surface area contributed by atoms with Crippen molar-refractivity contribution < 1.29 is 18.0 Å². The van der Waals surface area contributed by atoms with Gasteiger partial charge in [-0.3, -0.25) is 13.9 Å². The van der Waals surface area contributed by atoms with E-state index in [1.165, 1.54) is 24.1 Å². The molecule has 0 heterocycles. The third kappa shape index (κ3) is 6.53. The standard InChI is InChI=1S/C27H30BrN3O4S/c1-4-21-12-16-24(17-13-21)31(36(34,35)25-8-6-5-7-9-25)19-26(32)30(20(2)27(33)29-3)18-22-10-14-23(28)15-11-22/h5-17,20H,4,18-19H2,1-3H3,(H,29,33). The molecule has 0 bridgehead atoms. The second kappa shape index (κ2) is 12.2. The zero-order valence-corrected chi connectivity index (χ0v) is 22.9. The maximum atomic E-state index is 13.7. The molecule has 0 aromatic heterocycles. The third-order valence-corrected chi connectivity index (χ3v) is 8.24. The number of hydrogen-bond acceptors (Lipinski definition) is 4. The number of amides is 2. The number of hydrogen-bond donors (Lipinski definition) is 1. The number of carbonyl (C=O) groups is 2. The summed E-state index contributed by atoms with van der Waals surface area (Å²) in [7, 11) is -2.55. The molecule has 0 aliphatic carbocycles. The molecule has 2 amide bonds. The number of halogens is 1. The van der Waals surface area contributed by atoms with Crippen LogP contribution in [0.3, 0.4) is 0 Å². The average molecular weight is 573 g/mol. The van der Waals surface area contributed by atoms with Gasteiger partial charge in [-0.2, -0.15) is 0 Å². The number of benzene rings is 3. The van der Waals surface area contributed by atoms with Crippen LogP contribution in [0.4, 0.5) is 5.69 Å². The molecule has 3 aromatic carbocycles. The van der Waals surface area contributed by atoms with Crippen LogP contribution in [0, 0.1) is 0 Å². The SMILES string of the molecule is CCc1ccc(N(CC(=O)N(Cc2ccc(Br)cc2)C(C)C(=O)NC)S(=O)(=O)c2ccccc2)cc1. The molecule has 3 rings (SSSR count). The van der Waals surface area contributed by atoms with Gasteiger partial charge >= 0.3 is 0 Å². The fraction of sp³-hybridized carbons (Fsp3) is 0.259. The van der Waals surface area contributed by atoms with Crippen LogP contribution in [0.2, 0.25) is 0 Å². The van der Waals surface area contributed by atoms with Gasteiger partial charge in [-0.15, -0.1) is 0 Å². The predicted molar refractivity (Wildman–Crippen MR) is 145 cm³/mol. The van der Waals surface area contributed by atoms with E-state index in [0.717, 1.165) is 26.3 Å². The Morgan fingerprint density at radius 2 is 1.50 bits per heavy atom. The molecule has 0 spiro atoms. The Morgan fingerprint density at radius 3 is 2.06 bits per heavy atom. The van der Waals surface area contributed by atoms with Gasteiger partial charge in [0.2, 0.25) is 11.8 Å². The van der Waals surface area contributed by atoms with E-state index in [2.05, 4.69) is 21.2 Å². The Morgan fingerprint density at radius 1 is 0.917 bits per heavy atom. The Balaban J connectivity index is 2.01. The topological polar surface area (TPSA) is 86.8 Å². The summed E-state index contributed by atoms with van der Waals surface area (Å²) in [6.07, 6.45) is 0.801. The van der Waals surface area contributed by atoms with Crippen molar-refractivity contribution in [3.63, 3.8) is 0 Å². The van der Waals surface area contributed by atoms with E-state index < -0.39 is 28.5 Å². The lowest BCUT2D eigenvalue weighted by molar-refractivity contribution is -0.139. The fourth-order valence-corrected chi connectivity index (χ4v) is 5.42. The lowest BCUT2D eigenvalue weighted by Gasteiger charge is -2.31. The molecule has 7 nitrogen and oxygen atoms in total. The van der Waals surface area contributed by atoms with Crippen LogP contribution >= 0.6 is 15.9 Å². The molecule has 1 N–H and O–H groups in total. The van der Waals surface area contributed by atoms with Crippen LogP contribution < -0.4 is 9.62 Å². The van der Waals surface area contributed by atoms with Gasteiger partial charge in [0.25, 0.3) is 10.0 Å². The molecule has 3 aromatic rings. The second-order valence-electron chi connectivity index (χ2n) is 8.28. The van der Waals surface area contributed by atoms with Crippen LogP contribution in [0.5, 0.6) is 0 Å². The van der Waals surface area contributed by atoms with E-state index in [1.54, 1.807) is 37.3 Å². The van der Waals surface area contributed by atoms with Crippen molar-refractivity contribution in [1.82, 2.24) is 10.2 Å². The number of nitrogens with zero attached hydrogens (tertiary/aromatic N) is 2. The first-order valence-electron chi connectivity index (χ1n) is 11.6. The van der Waals surface area contributed by atoms with Gasteiger partial charge in [0.1, 0.15) is 12.6 Å². The molecule has 0 fully saturated rings. The molecule has 9 heteroatoms. The molecule has 0 aliphatic rings. The van der Waals surface area contributed by atoms with Crippen molar-refractivity contribution >= 4 is 43.5 Å². The monoisotopic (exact) mass is 571 g/mol. The predicted octanol–water partition coefficient (Wildman–Crippen LogP) is 4.37. The van der Waals surface area contributed by atoms with E-state index in [0.29, 0.717) is 5.69 Å². The molecular weight excluding hydrogens is 542 g/mol. The van der Waals surface area contributed by atoms with Crippen molar-refractivity contribution in [3.05, 3.63) is 94.5 Å². The van der Waals surface area contributed by atoms with Gasteiger partial charge in [0.05, 0.1) is 10.6 Å². The fourth-order valence-electron chi connectivity index (χ4n) is 3.72. The minimum atomic E-state index is -4.05. The van der Waals surface area contributed by atoms with Gasteiger partial charge in [-0.1, -0.05) is 65.3 Å². The number of sulfonamides is 1. The minimum Gasteiger partial charge on any atom is -0.357 e. The summed E-state index contributed by atoms with van der Waals surface area (Å²) in [5, 5.41) is 2.58. The van der Waals surface area contributed by atoms with Gasteiger partial charge in [0.15, 0.2) is 0 Å². The van der Waals surface area contributed by atoms with Crippen molar-refractivity contribution in [3.8, 4) is 0 Å². The smallest absolute Gasteiger partial charge is 0.264 e. The highest BCUT2D eigenvalue weighted by Gasteiger charge is 2.32. The van der Waals surface area contributed by atoms with E-state index >= 15 is 0 Å². The molecule has 190 valence electrons. The highest BCUT2D eigenvalue weighted by molar-refractivity contribution is 9.10. The maximum Gasteiger partial charge on any atom is 0.264 e. The molecule has 0 saturated carbocycles. The zero-order valence-electron chi connectivity index (χ0n) is 20.5. The summed E-state index contributed by atoms with van der Waals surface area (Å²) >= 11 is 3.40. The van der Waals surface area contributed by atoms with Crippen molar-refractivity contribution in [1.29, 1.82) is 0 Å². The second-order valence-corrected chi connectivity index (χ2v) is 11.1. The maximum absolute atomic E-state index is 13.7. The van der Waals surface area contributed by atoms with E-state index in [-0.39, 0.29) is 17.3 Å². The Labute approximate surface area is 221 Å². The van der Waals surface area contributed by atoms with Crippen molar-refractivity contribution in [2.24, 2.45) is 0 Å². The van der Waals surface area contributed by atoms with Gasteiger partial charge in [0, 0.05) is 18.1 Å². The van der Waals surface area contributed by atoms with Crippen molar-refractivity contribution in [2.45, 2.75) is 37.8 Å². The van der Waals surface area contributed by atoms with Crippen molar-refractivity contribution in [2.75, 3.05) is 17.9 Å².